The fraction of sp³-hybridized carbons (Fsp3) is 0.278. The molecular weight excluding hydrogens is 397 g/mol. The highest BCUT2D eigenvalue weighted by Gasteiger charge is 2.30. The van der Waals surface area contributed by atoms with E-state index in [2.05, 4.69) is 5.32 Å². The molecule has 29 heavy (non-hydrogen) atoms. The Labute approximate surface area is 163 Å². The summed E-state index contributed by atoms with van der Waals surface area (Å²) in [5, 5.41) is 13.6. The lowest BCUT2D eigenvalue weighted by Gasteiger charge is -2.12. The summed E-state index contributed by atoms with van der Waals surface area (Å²) >= 11 is 0. The van der Waals surface area contributed by atoms with E-state index in [1.165, 1.54) is 32.4 Å². The second kappa shape index (κ2) is 9.13. The first-order chi connectivity index (χ1) is 13.7. The highest BCUT2D eigenvalue weighted by Crippen LogP contribution is 2.34. The molecule has 0 aromatic heterocycles. The Bertz CT molecular complexity index is 902. The zero-order valence-corrected chi connectivity index (χ0v) is 15.4. The molecule has 0 heterocycles. The van der Waals surface area contributed by atoms with Gasteiger partial charge in [-0.15, -0.1) is 0 Å². The van der Waals surface area contributed by atoms with Gasteiger partial charge in [0.05, 0.1) is 37.3 Å². The van der Waals surface area contributed by atoms with Gasteiger partial charge in [0.15, 0.2) is 11.5 Å². The van der Waals surface area contributed by atoms with Gasteiger partial charge in [0, 0.05) is 6.07 Å². The van der Waals surface area contributed by atoms with Crippen LogP contribution in [0, 0.1) is 10.1 Å². The molecule has 11 heteroatoms. The van der Waals surface area contributed by atoms with Gasteiger partial charge in [-0.1, -0.05) is 6.07 Å². The summed E-state index contributed by atoms with van der Waals surface area (Å²) in [7, 11) is 2.61. The smallest absolute Gasteiger partial charge is 0.416 e. The van der Waals surface area contributed by atoms with Crippen LogP contribution in [0.1, 0.15) is 15.9 Å². The largest absolute Gasteiger partial charge is 0.493 e. The fourth-order valence-corrected chi connectivity index (χ4v) is 2.39. The van der Waals surface area contributed by atoms with Crippen molar-refractivity contribution in [3.63, 3.8) is 0 Å². The first-order valence-electron chi connectivity index (χ1n) is 8.16. The molecule has 0 saturated heterocycles. The van der Waals surface area contributed by atoms with Crippen LogP contribution < -0.4 is 19.5 Å². The number of methoxy groups -OCH3 is 2. The van der Waals surface area contributed by atoms with Crippen LogP contribution in [-0.2, 0) is 6.18 Å². The number of halogens is 3. The van der Waals surface area contributed by atoms with Crippen molar-refractivity contribution >= 4 is 11.6 Å². The van der Waals surface area contributed by atoms with Crippen molar-refractivity contribution in [1.82, 2.24) is 5.32 Å². The molecule has 156 valence electrons. The van der Waals surface area contributed by atoms with E-state index >= 15 is 0 Å². The van der Waals surface area contributed by atoms with Crippen molar-refractivity contribution in [2.75, 3.05) is 27.4 Å². The lowest BCUT2D eigenvalue weighted by molar-refractivity contribution is -0.385. The molecule has 2 aromatic rings. The third-order valence-electron chi connectivity index (χ3n) is 3.76. The summed E-state index contributed by atoms with van der Waals surface area (Å²) in [6.45, 7) is -0.241. The summed E-state index contributed by atoms with van der Waals surface area (Å²) in [5.41, 5.74) is -1.61. The number of benzene rings is 2. The van der Waals surface area contributed by atoms with Gasteiger partial charge in [-0.2, -0.15) is 13.2 Å². The molecule has 1 N–H and O–H groups in total. The maximum absolute atomic E-state index is 12.7. The molecule has 2 rings (SSSR count). The average molecular weight is 414 g/mol. The van der Waals surface area contributed by atoms with E-state index in [4.69, 9.17) is 14.2 Å². The normalized spacial score (nSPS) is 10.9. The molecule has 0 aliphatic heterocycles. The molecule has 0 bridgehead atoms. The van der Waals surface area contributed by atoms with Crippen molar-refractivity contribution in [1.29, 1.82) is 0 Å². The second-order valence-electron chi connectivity index (χ2n) is 5.61. The molecule has 0 unspecified atom stereocenters. The third kappa shape index (κ3) is 5.50. The Hall–Kier alpha value is -3.50. The second-order valence-corrected chi connectivity index (χ2v) is 5.61. The van der Waals surface area contributed by atoms with Crippen LogP contribution >= 0.6 is 0 Å². The van der Waals surface area contributed by atoms with E-state index in [9.17, 15) is 28.1 Å². The molecule has 1 amide bonds. The minimum Gasteiger partial charge on any atom is -0.493 e. The number of hydrogen-bond donors (Lipinski definition) is 1. The fourth-order valence-electron chi connectivity index (χ4n) is 2.39. The predicted molar refractivity (Wildman–Crippen MR) is 95.5 cm³/mol. The number of alkyl halides is 3. The maximum atomic E-state index is 12.7. The number of carbonyl (C=O) groups excluding carboxylic acids is 1. The summed E-state index contributed by atoms with van der Waals surface area (Å²) in [6, 6.07) is 6.51. The molecule has 0 aliphatic carbocycles. The summed E-state index contributed by atoms with van der Waals surface area (Å²) < 4.78 is 53.3. The van der Waals surface area contributed by atoms with Crippen molar-refractivity contribution < 1.29 is 37.1 Å². The number of nitro benzene ring substituents is 1. The van der Waals surface area contributed by atoms with Gasteiger partial charge in [-0.05, 0) is 18.2 Å². The van der Waals surface area contributed by atoms with Crippen molar-refractivity contribution in [2.24, 2.45) is 0 Å². The highest BCUT2D eigenvalue weighted by molar-refractivity contribution is 5.99. The van der Waals surface area contributed by atoms with Crippen LogP contribution in [-0.4, -0.2) is 38.2 Å². The quantitative estimate of drug-likeness (QED) is 0.404. The van der Waals surface area contributed by atoms with Crippen LogP contribution in [0.4, 0.5) is 18.9 Å². The van der Waals surface area contributed by atoms with E-state index in [-0.39, 0.29) is 36.0 Å². The van der Waals surface area contributed by atoms with Gasteiger partial charge in [-0.3, -0.25) is 14.9 Å². The predicted octanol–water partition coefficient (Wildman–Crippen LogP) is 3.44. The first kappa shape index (κ1) is 21.8. The Morgan fingerprint density at radius 1 is 1.14 bits per heavy atom. The van der Waals surface area contributed by atoms with Gasteiger partial charge in [0.1, 0.15) is 17.9 Å². The Morgan fingerprint density at radius 3 is 2.38 bits per heavy atom. The third-order valence-corrected chi connectivity index (χ3v) is 3.76. The lowest BCUT2D eigenvalue weighted by Crippen LogP contribution is -2.28. The molecule has 0 saturated carbocycles. The molecule has 0 radical (unpaired) electrons. The number of rotatable bonds is 8. The van der Waals surface area contributed by atoms with E-state index < -0.39 is 28.3 Å². The van der Waals surface area contributed by atoms with E-state index in [0.717, 1.165) is 18.2 Å². The highest BCUT2D eigenvalue weighted by atomic mass is 19.4. The SMILES string of the molecule is COc1cc(C(=O)NCCOc2cccc(C(F)(F)F)c2)c([N+](=O)[O-])cc1OC. The number of nitrogens with one attached hydrogen (secondary N) is 1. The lowest BCUT2D eigenvalue weighted by atomic mass is 10.1. The van der Waals surface area contributed by atoms with E-state index in [1.54, 1.807) is 0 Å². The number of hydrogen-bond acceptors (Lipinski definition) is 6. The number of ether oxygens (including phenoxy) is 3. The van der Waals surface area contributed by atoms with E-state index in [1.807, 2.05) is 0 Å². The van der Waals surface area contributed by atoms with Crippen molar-refractivity contribution in [3.8, 4) is 17.2 Å². The maximum Gasteiger partial charge on any atom is 0.416 e. The van der Waals surface area contributed by atoms with Gasteiger partial charge in [0.2, 0.25) is 0 Å². The minimum absolute atomic E-state index is 0.0221. The number of amides is 1. The molecule has 0 spiro atoms. The zero-order chi connectivity index (χ0) is 21.6. The average Bonchev–Trinajstić information content (AvgIpc) is 2.69. The van der Waals surface area contributed by atoms with Gasteiger partial charge < -0.3 is 19.5 Å². The van der Waals surface area contributed by atoms with Gasteiger partial charge >= 0.3 is 6.18 Å². The van der Waals surface area contributed by atoms with Crippen LogP contribution in [0.5, 0.6) is 17.2 Å². The molecule has 0 atom stereocenters. The Balaban J connectivity index is 2.04. The molecule has 8 nitrogen and oxygen atoms in total. The first-order valence-corrected chi connectivity index (χ1v) is 8.16. The van der Waals surface area contributed by atoms with Crippen LogP contribution in [0.25, 0.3) is 0 Å². The van der Waals surface area contributed by atoms with Crippen LogP contribution in [0.2, 0.25) is 0 Å². The topological polar surface area (TPSA) is 99.9 Å². The van der Waals surface area contributed by atoms with Gasteiger partial charge in [0.25, 0.3) is 11.6 Å². The van der Waals surface area contributed by atoms with E-state index in [0.29, 0.717) is 0 Å². The number of nitro groups is 1. The monoisotopic (exact) mass is 414 g/mol. The minimum atomic E-state index is -4.50. The molecule has 0 aliphatic rings. The molecular formula is C18H17F3N2O6. The number of carbonyl (C=O) groups is 1. The van der Waals surface area contributed by atoms with Crippen LogP contribution in [0.15, 0.2) is 36.4 Å². The Kier molecular flexibility index (Phi) is 6.86. The van der Waals surface area contributed by atoms with Gasteiger partial charge in [-0.25, -0.2) is 0 Å². The zero-order valence-electron chi connectivity index (χ0n) is 15.4. The summed E-state index contributed by atoms with van der Waals surface area (Å²) in [4.78, 5) is 22.8. The summed E-state index contributed by atoms with van der Waals surface area (Å²) in [5.74, 6) is -0.580. The standard InChI is InChI=1S/C18H17F3N2O6/c1-27-15-9-13(14(23(25)26)10-16(15)28-2)17(24)22-6-7-29-12-5-3-4-11(8-12)18(19,20)21/h3-5,8-10H,6-7H2,1-2H3,(H,22,24). The number of nitrogens with zero attached hydrogens (tertiary/aromatic N) is 1. The summed E-state index contributed by atoms with van der Waals surface area (Å²) in [6.07, 6.45) is -4.50. The van der Waals surface area contributed by atoms with Crippen LogP contribution in [0.3, 0.4) is 0 Å². The van der Waals surface area contributed by atoms with Crippen molar-refractivity contribution in [3.05, 3.63) is 57.6 Å². The molecule has 2 aromatic carbocycles. The Morgan fingerprint density at radius 2 is 1.79 bits per heavy atom. The molecule has 0 fully saturated rings. The van der Waals surface area contributed by atoms with Crippen molar-refractivity contribution in [2.45, 2.75) is 6.18 Å².